The van der Waals surface area contributed by atoms with Crippen molar-refractivity contribution in [2.24, 2.45) is 4.99 Å². The first kappa shape index (κ1) is 41.2. The molecule has 0 aromatic heterocycles. The highest BCUT2D eigenvalue weighted by atomic mass is 35.5. The van der Waals surface area contributed by atoms with Gasteiger partial charge in [-0.15, -0.1) is 0 Å². The number of fused-ring (bicyclic) bond motifs is 1. The van der Waals surface area contributed by atoms with E-state index in [1.807, 2.05) is 0 Å². The van der Waals surface area contributed by atoms with Gasteiger partial charge in [-0.25, -0.2) is 4.99 Å². The number of rotatable bonds is 12. The van der Waals surface area contributed by atoms with Gasteiger partial charge in [0.25, 0.3) is 0 Å². The third-order valence-electron chi connectivity index (χ3n) is 11.9. The van der Waals surface area contributed by atoms with Crippen molar-refractivity contribution in [1.29, 1.82) is 0 Å². The van der Waals surface area contributed by atoms with Crippen molar-refractivity contribution in [3.8, 4) is 0 Å². The molecule has 58 heavy (non-hydrogen) atoms. The highest BCUT2D eigenvalue weighted by Crippen LogP contribution is 2.58. The van der Waals surface area contributed by atoms with Gasteiger partial charge in [-0.2, -0.15) is 0 Å². The Morgan fingerprint density at radius 3 is 1.69 bits per heavy atom. The van der Waals surface area contributed by atoms with Gasteiger partial charge in [0.2, 0.25) is 5.91 Å². The summed E-state index contributed by atoms with van der Waals surface area (Å²) in [7, 11) is -2.05. The number of carbonyl (C=O) groups is 1. The minimum Gasteiger partial charge on any atom is -1.00 e. The van der Waals surface area contributed by atoms with Crippen LogP contribution < -0.4 is 44.3 Å². The summed E-state index contributed by atoms with van der Waals surface area (Å²) in [4.78, 5) is 19.8. The van der Waals surface area contributed by atoms with Gasteiger partial charge in [-0.05, 0) is 96.1 Å². The van der Waals surface area contributed by atoms with Crippen LogP contribution >= 0.6 is 7.26 Å². The zero-order valence-electron chi connectivity index (χ0n) is 33.4. The normalized spacial score (nSPS) is 15.9. The lowest BCUT2D eigenvalue weighted by atomic mass is 9.95. The van der Waals surface area contributed by atoms with E-state index in [0.717, 1.165) is 49.1 Å². The van der Waals surface area contributed by atoms with Gasteiger partial charge in [0.05, 0.1) is 12.2 Å². The van der Waals surface area contributed by atoms with Crippen LogP contribution in [-0.2, 0) is 17.4 Å². The molecule has 0 radical (unpaired) electrons. The maximum absolute atomic E-state index is 14.5. The van der Waals surface area contributed by atoms with E-state index in [-0.39, 0.29) is 24.4 Å². The quantitative estimate of drug-likeness (QED) is 0.0704. The number of halogens is 1. The van der Waals surface area contributed by atoms with Gasteiger partial charge in [-0.1, -0.05) is 148 Å². The van der Waals surface area contributed by atoms with Crippen LogP contribution in [0.4, 0.5) is 5.69 Å². The fraction of sp³-hybridized carbons (Fsp3) is 0.294. The Labute approximate surface area is 351 Å². The van der Waals surface area contributed by atoms with Gasteiger partial charge in [-0.3, -0.25) is 4.79 Å². The van der Waals surface area contributed by atoms with Crippen LogP contribution in [0, 0.1) is 0 Å². The second-order valence-electron chi connectivity index (χ2n) is 16.0. The van der Waals surface area contributed by atoms with E-state index in [2.05, 4.69) is 174 Å². The Hall–Kier alpha value is -4.96. The molecule has 0 unspecified atom stereocenters. The number of hydrogen-bond donors (Lipinski definition) is 3. The van der Waals surface area contributed by atoms with Crippen LogP contribution in [0.3, 0.4) is 0 Å². The van der Waals surface area contributed by atoms with E-state index in [1.54, 1.807) is 0 Å². The lowest BCUT2D eigenvalue weighted by molar-refractivity contribution is -0.117. The number of carbonyl (C=O) groups excluding carboxylic acids is 1. The zero-order valence-corrected chi connectivity index (χ0v) is 35.1. The molecule has 0 aliphatic heterocycles. The van der Waals surface area contributed by atoms with Crippen LogP contribution in [0.5, 0.6) is 0 Å². The molecule has 2 fully saturated rings. The largest absolute Gasteiger partial charge is 1.00 e. The van der Waals surface area contributed by atoms with Crippen LogP contribution in [-0.4, -0.2) is 30.0 Å². The molecule has 2 aliphatic carbocycles. The first-order valence-corrected chi connectivity index (χ1v) is 23.1. The summed E-state index contributed by atoms with van der Waals surface area (Å²) in [5, 5.41) is 17.3. The van der Waals surface area contributed by atoms with Gasteiger partial charge < -0.3 is 28.4 Å². The third-order valence-corrected chi connectivity index (χ3v) is 16.3. The van der Waals surface area contributed by atoms with Crippen molar-refractivity contribution in [3.63, 3.8) is 0 Å². The number of anilines is 1. The molecule has 7 heteroatoms. The molecular formula is C51H56ClN4OP. The molecule has 0 heterocycles. The molecule has 2 aliphatic rings. The van der Waals surface area contributed by atoms with Crippen molar-refractivity contribution in [1.82, 2.24) is 10.6 Å². The molecule has 1 atom stereocenters. The standard InChI is InChI=1S/C51H55N4OP.ClH/c56-50(52-45-34-31-39(32-35-45)38-57(46-24-10-3-11-25-46,47-26-12-4-13-27-47)48-28-14-5-15-29-48)49(37-40-30-33-41-18-16-17-19-42(41)36-40)55-51(53-43-20-6-1-7-21-43)54-44-22-8-2-9-23-44;/h3-5,10-19,24-36,43-44,49H,1-2,6-9,20-23,37-38H2,(H2-,52,53,54,55,56);1H/t49-;/m0./s1. The maximum Gasteiger partial charge on any atom is 0.247 e. The lowest BCUT2D eigenvalue weighted by Gasteiger charge is -2.29. The number of guanidine groups is 1. The van der Waals surface area contributed by atoms with Crippen molar-refractivity contribution < 1.29 is 17.2 Å². The molecule has 3 N–H and O–H groups in total. The molecule has 1 amide bonds. The molecule has 6 aromatic carbocycles. The van der Waals surface area contributed by atoms with Crippen molar-refractivity contribution in [2.75, 3.05) is 5.32 Å². The van der Waals surface area contributed by atoms with E-state index < -0.39 is 13.3 Å². The fourth-order valence-corrected chi connectivity index (χ4v) is 13.1. The van der Waals surface area contributed by atoms with E-state index in [0.29, 0.717) is 12.5 Å². The van der Waals surface area contributed by atoms with Crippen molar-refractivity contribution >= 4 is 51.5 Å². The first-order valence-electron chi connectivity index (χ1n) is 21.2. The number of aliphatic imine (C=N–C) groups is 1. The predicted octanol–water partition coefficient (Wildman–Crippen LogP) is 7.09. The molecule has 8 rings (SSSR count). The Balaban J connectivity index is 0.00000512. The summed E-state index contributed by atoms with van der Waals surface area (Å²) in [6, 6.07) is 56.7. The number of amides is 1. The summed E-state index contributed by atoms with van der Waals surface area (Å²) in [6.07, 6.45) is 13.4. The van der Waals surface area contributed by atoms with Crippen LogP contribution in [0.25, 0.3) is 10.8 Å². The third kappa shape index (κ3) is 10.2. The minimum atomic E-state index is -2.05. The number of hydrogen-bond acceptors (Lipinski definition) is 2. The van der Waals surface area contributed by atoms with Crippen molar-refractivity contribution in [3.05, 3.63) is 169 Å². The van der Waals surface area contributed by atoms with Crippen LogP contribution in [0.15, 0.2) is 163 Å². The van der Waals surface area contributed by atoms with Gasteiger partial charge in [0.1, 0.15) is 29.2 Å². The van der Waals surface area contributed by atoms with Crippen LogP contribution in [0.1, 0.15) is 75.3 Å². The molecule has 5 nitrogen and oxygen atoms in total. The smallest absolute Gasteiger partial charge is 0.247 e. The van der Waals surface area contributed by atoms with E-state index in [1.165, 1.54) is 70.8 Å². The monoisotopic (exact) mass is 806 g/mol. The van der Waals surface area contributed by atoms with Gasteiger partial charge >= 0.3 is 0 Å². The molecule has 6 aromatic rings. The molecule has 2 saturated carbocycles. The van der Waals surface area contributed by atoms with Gasteiger partial charge in [0.15, 0.2) is 5.96 Å². The maximum atomic E-state index is 14.5. The molecule has 298 valence electrons. The average Bonchev–Trinajstić information content (AvgIpc) is 3.27. The average molecular weight is 807 g/mol. The van der Waals surface area contributed by atoms with Crippen LogP contribution in [0.2, 0.25) is 0 Å². The Kier molecular flexibility index (Phi) is 14.3. The van der Waals surface area contributed by atoms with E-state index in [4.69, 9.17) is 4.99 Å². The number of nitrogens with one attached hydrogen (secondary N) is 3. The second-order valence-corrected chi connectivity index (χ2v) is 19.5. The predicted molar refractivity (Wildman–Crippen MR) is 243 cm³/mol. The second kappa shape index (κ2) is 20.1. The number of benzene rings is 6. The lowest BCUT2D eigenvalue weighted by Crippen LogP contribution is -3.00. The summed E-state index contributed by atoms with van der Waals surface area (Å²) >= 11 is 0. The summed E-state index contributed by atoms with van der Waals surface area (Å²) in [5.74, 6) is 0.727. The summed E-state index contributed by atoms with van der Waals surface area (Å²) < 4.78 is 0. The topological polar surface area (TPSA) is 65.5 Å². The zero-order chi connectivity index (χ0) is 38.7. The van der Waals surface area contributed by atoms with Gasteiger partial charge in [0, 0.05) is 18.2 Å². The summed E-state index contributed by atoms with van der Waals surface area (Å²) in [5.41, 5.74) is 3.15. The Morgan fingerprint density at radius 1 is 0.586 bits per heavy atom. The first-order chi connectivity index (χ1) is 28.1. The molecule has 0 spiro atoms. The fourth-order valence-electron chi connectivity index (χ4n) is 8.89. The highest BCUT2D eigenvalue weighted by molar-refractivity contribution is 7.95. The molecule has 0 saturated heterocycles. The summed E-state index contributed by atoms with van der Waals surface area (Å²) in [6.45, 7) is 0. The minimum absolute atomic E-state index is 0. The van der Waals surface area contributed by atoms with Crippen molar-refractivity contribution in [2.45, 2.75) is 94.9 Å². The Morgan fingerprint density at radius 2 is 1.10 bits per heavy atom. The number of nitrogens with zero attached hydrogens (tertiary/aromatic N) is 1. The SMILES string of the molecule is O=C(Nc1ccc(C[P+](c2ccccc2)(c2ccccc2)c2ccccc2)cc1)[C@H](Cc1ccc2ccccc2c1)NC(=NC1CCCCC1)NC1CCCCC1.[Cl-]. The van der Waals surface area contributed by atoms with E-state index >= 15 is 0 Å². The Bertz CT molecular complexity index is 2120. The molecular weight excluding hydrogens is 751 g/mol. The van der Waals surface area contributed by atoms with E-state index in [9.17, 15) is 4.79 Å². The highest BCUT2D eigenvalue weighted by Gasteiger charge is 2.45. The molecule has 0 bridgehead atoms.